The number of ether oxygens (including phenoxy) is 2. The number of carboxylic acid groups (broad SMARTS) is 1. The van der Waals surface area contributed by atoms with E-state index in [1.54, 1.807) is 12.0 Å². The molecule has 1 N–H and O–H groups in total. The van der Waals surface area contributed by atoms with Crippen LogP contribution in [0.3, 0.4) is 0 Å². The highest BCUT2D eigenvalue weighted by molar-refractivity contribution is 5.81. The van der Waals surface area contributed by atoms with E-state index in [2.05, 4.69) is 0 Å². The summed E-state index contributed by atoms with van der Waals surface area (Å²) in [4.78, 5) is 23.7. The fourth-order valence-corrected chi connectivity index (χ4v) is 1.92. The van der Waals surface area contributed by atoms with Gasteiger partial charge in [0.2, 0.25) is 5.91 Å². The molecule has 1 aliphatic rings. The Balaban J connectivity index is 2.45. The number of carbonyl (C=O) groups is 2. The van der Waals surface area contributed by atoms with Crippen LogP contribution in [0.1, 0.15) is 19.8 Å². The second-order valence-corrected chi connectivity index (χ2v) is 3.96. The SMILES string of the molecule is CCO[C@@H]1CN(C(=O)CCC(=O)O)C[C@@H]1OC. The third-order valence-electron chi connectivity index (χ3n) is 2.80. The number of likely N-dealkylation sites (tertiary alicyclic amines) is 1. The number of hydrogen-bond donors (Lipinski definition) is 1. The zero-order valence-corrected chi connectivity index (χ0v) is 10.2. The van der Waals surface area contributed by atoms with Crippen LogP contribution in [-0.2, 0) is 19.1 Å². The molecule has 1 rings (SSSR count). The first-order chi connectivity index (χ1) is 8.08. The highest BCUT2D eigenvalue weighted by Gasteiger charge is 2.35. The van der Waals surface area contributed by atoms with E-state index in [0.717, 1.165) is 0 Å². The monoisotopic (exact) mass is 245 g/mol. The van der Waals surface area contributed by atoms with Crippen LogP contribution >= 0.6 is 0 Å². The van der Waals surface area contributed by atoms with Crippen molar-refractivity contribution in [2.45, 2.75) is 32.0 Å². The Kier molecular flexibility index (Phi) is 5.37. The van der Waals surface area contributed by atoms with Crippen molar-refractivity contribution in [2.75, 3.05) is 26.8 Å². The summed E-state index contributed by atoms with van der Waals surface area (Å²) in [7, 11) is 1.59. The summed E-state index contributed by atoms with van der Waals surface area (Å²) < 4.78 is 10.7. The molecule has 0 unspecified atom stereocenters. The maximum atomic E-state index is 11.7. The summed E-state index contributed by atoms with van der Waals surface area (Å²) in [5, 5.41) is 8.52. The Morgan fingerprint density at radius 2 is 1.94 bits per heavy atom. The van der Waals surface area contributed by atoms with E-state index in [4.69, 9.17) is 14.6 Å². The zero-order chi connectivity index (χ0) is 12.8. The first-order valence-corrected chi connectivity index (χ1v) is 5.72. The van der Waals surface area contributed by atoms with Gasteiger partial charge in [-0.3, -0.25) is 9.59 Å². The molecule has 0 aromatic heterocycles. The van der Waals surface area contributed by atoms with Crippen LogP contribution < -0.4 is 0 Å². The fraction of sp³-hybridized carbons (Fsp3) is 0.818. The van der Waals surface area contributed by atoms with Crippen LogP contribution in [0.15, 0.2) is 0 Å². The molecule has 0 aromatic rings. The first kappa shape index (κ1) is 13.9. The van der Waals surface area contributed by atoms with Crippen LogP contribution in [-0.4, -0.2) is 60.9 Å². The average Bonchev–Trinajstić information content (AvgIpc) is 2.69. The lowest BCUT2D eigenvalue weighted by atomic mass is 10.2. The Bertz CT molecular complexity index is 281. The number of aliphatic carboxylic acids is 1. The Labute approximate surface area is 100 Å². The lowest BCUT2D eigenvalue weighted by Gasteiger charge is -2.15. The standard InChI is InChI=1S/C11H19NO5/c1-3-17-9-7-12(6-8(9)16-2)10(13)4-5-11(14)15/h8-9H,3-7H2,1-2H3,(H,14,15)/t8-,9+/m0/s1. The minimum Gasteiger partial charge on any atom is -0.481 e. The molecular weight excluding hydrogens is 226 g/mol. The van der Waals surface area contributed by atoms with Gasteiger partial charge in [0.25, 0.3) is 0 Å². The van der Waals surface area contributed by atoms with E-state index in [0.29, 0.717) is 19.7 Å². The van der Waals surface area contributed by atoms with Gasteiger partial charge in [-0.2, -0.15) is 0 Å². The van der Waals surface area contributed by atoms with Crippen LogP contribution in [0.25, 0.3) is 0 Å². The number of hydrogen-bond acceptors (Lipinski definition) is 4. The second kappa shape index (κ2) is 6.56. The van der Waals surface area contributed by atoms with Crippen molar-refractivity contribution < 1.29 is 24.2 Å². The molecule has 0 aromatic carbocycles. The molecule has 1 heterocycles. The molecule has 1 fully saturated rings. The van der Waals surface area contributed by atoms with E-state index in [1.807, 2.05) is 6.92 Å². The molecule has 1 aliphatic heterocycles. The molecular formula is C11H19NO5. The van der Waals surface area contributed by atoms with E-state index in [-0.39, 0.29) is 31.0 Å². The lowest BCUT2D eigenvalue weighted by Crippen LogP contribution is -2.30. The van der Waals surface area contributed by atoms with E-state index in [1.165, 1.54) is 0 Å². The van der Waals surface area contributed by atoms with Gasteiger partial charge in [-0.15, -0.1) is 0 Å². The lowest BCUT2D eigenvalue weighted by molar-refractivity contribution is -0.140. The topological polar surface area (TPSA) is 76.1 Å². The Morgan fingerprint density at radius 1 is 1.29 bits per heavy atom. The minimum absolute atomic E-state index is 0.0324. The van der Waals surface area contributed by atoms with E-state index < -0.39 is 5.97 Å². The number of nitrogens with zero attached hydrogens (tertiary/aromatic N) is 1. The van der Waals surface area contributed by atoms with E-state index >= 15 is 0 Å². The molecule has 17 heavy (non-hydrogen) atoms. The molecule has 0 saturated carbocycles. The highest BCUT2D eigenvalue weighted by Crippen LogP contribution is 2.17. The van der Waals surface area contributed by atoms with Crippen molar-refractivity contribution in [3.8, 4) is 0 Å². The molecule has 0 aliphatic carbocycles. The largest absolute Gasteiger partial charge is 0.481 e. The molecule has 98 valence electrons. The van der Waals surface area contributed by atoms with Crippen LogP contribution in [0.5, 0.6) is 0 Å². The number of carboxylic acids is 1. The summed E-state index contributed by atoms with van der Waals surface area (Å²) in [6.45, 7) is 3.41. The van der Waals surface area contributed by atoms with Gasteiger partial charge < -0.3 is 19.5 Å². The van der Waals surface area contributed by atoms with Gasteiger partial charge in [-0.25, -0.2) is 0 Å². The summed E-state index contributed by atoms with van der Waals surface area (Å²) >= 11 is 0. The van der Waals surface area contributed by atoms with Gasteiger partial charge in [0.1, 0.15) is 12.2 Å². The summed E-state index contributed by atoms with van der Waals surface area (Å²) in [6, 6.07) is 0. The maximum absolute atomic E-state index is 11.7. The minimum atomic E-state index is -0.956. The molecule has 6 heteroatoms. The summed E-state index contributed by atoms with van der Waals surface area (Å²) in [5.74, 6) is -1.11. The quantitative estimate of drug-likeness (QED) is 0.719. The van der Waals surface area contributed by atoms with Crippen molar-refractivity contribution >= 4 is 11.9 Å². The average molecular weight is 245 g/mol. The van der Waals surface area contributed by atoms with Crippen molar-refractivity contribution in [2.24, 2.45) is 0 Å². The summed E-state index contributed by atoms with van der Waals surface area (Å²) in [6.07, 6.45) is -0.334. The number of methoxy groups -OCH3 is 1. The Hall–Kier alpha value is -1.14. The van der Waals surface area contributed by atoms with Crippen molar-refractivity contribution in [3.63, 3.8) is 0 Å². The molecule has 1 saturated heterocycles. The van der Waals surface area contributed by atoms with Gasteiger partial charge in [0.05, 0.1) is 6.42 Å². The maximum Gasteiger partial charge on any atom is 0.303 e. The Morgan fingerprint density at radius 3 is 2.47 bits per heavy atom. The van der Waals surface area contributed by atoms with Gasteiger partial charge >= 0.3 is 5.97 Å². The van der Waals surface area contributed by atoms with Gasteiger partial charge in [0, 0.05) is 33.2 Å². The summed E-state index contributed by atoms with van der Waals surface area (Å²) in [5.41, 5.74) is 0. The van der Waals surface area contributed by atoms with Gasteiger partial charge in [-0.05, 0) is 6.92 Å². The fourth-order valence-electron chi connectivity index (χ4n) is 1.92. The molecule has 1 amide bonds. The molecule has 0 bridgehead atoms. The first-order valence-electron chi connectivity index (χ1n) is 5.72. The van der Waals surface area contributed by atoms with Crippen LogP contribution in [0.4, 0.5) is 0 Å². The van der Waals surface area contributed by atoms with Gasteiger partial charge in [-0.1, -0.05) is 0 Å². The third kappa shape index (κ3) is 3.98. The number of amides is 1. The smallest absolute Gasteiger partial charge is 0.303 e. The highest BCUT2D eigenvalue weighted by atomic mass is 16.5. The molecule has 0 radical (unpaired) electrons. The van der Waals surface area contributed by atoms with Crippen molar-refractivity contribution in [3.05, 3.63) is 0 Å². The number of carbonyl (C=O) groups excluding carboxylic acids is 1. The molecule has 0 spiro atoms. The zero-order valence-electron chi connectivity index (χ0n) is 10.2. The molecule has 2 atom stereocenters. The van der Waals surface area contributed by atoms with Crippen molar-refractivity contribution in [1.82, 2.24) is 4.90 Å². The normalized spacial score (nSPS) is 24.0. The number of rotatable bonds is 6. The van der Waals surface area contributed by atoms with Crippen molar-refractivity contribution in [1.29, 1.82) is 0 Å². The predicted octanol–water partition coefficient (Wildman–Crippen LogP) is 0.114. The third-order valence-corrected chi connectivity index (χ3v) is 2.80. The van der Waals surface area contributed by atoms with Crippen LogP contribution in [0.2, 0.25) is 0 Å². The van der Waals surface area contributed by atoms with E-state index in [9.17, 15) is 9.59 Å². The second-order valence-electron chi connectivity index (χ2n) is 3.96. The van der Waals surface area contributed by atoms with Gasteiger partial charge in [0.15, 0.2) is 0 Å². The molecule has 6 nitrogen and oxygen atoms in total. The predicted molar refractivity (Wildman–Crippen MR) is 59.7 cm³/mol. The van der Waals surface area contributed by atoms with Crippen LogP contribution in [0, 0.1) is 0 Å².